The number of hydrogen-bond acceptors (Lipinski definition) is 5. The zero-order chi connectivity index (χ0) is 15.1. The first kappa shape index (κ1) is 15.9. The van der Waals surface area contributed by atoms with Gasteiger partial charge in [0.1, 0.15) is 4.88 Å². The summed E-state index contributed by atoms with van der Waals surface area (Å²) in [5, 5.41) is 11.5. The molecule has 0 saturated carbocycles. The highest BCUT2D eigenvalue weighted by atomic mass is 32.1. The predicted molar refractivity (Wildman–Crippen MR) is 78.0 cm³/mol. The van der Waals surface area contributed by atoms with Gasteiger partial charge in [-0.25, -0.2) is 4.79 Å². The number of rotatable bonds is 8. The molecule has 1 fully saturated rings. The van der Waals surface area contributed by atoms with Crippen LogP contribution < -0.4 is 5.32 Å². The number of thiophene rings is 1. The molecule has 1 saturated heterocycles. The standard InChI is InChI=1S/C14H19NO5S/c16-13(11-2-3-12(21-11)14(17)18)15-5-1-6-19-8-10-4-7-20-9-10/h2-3,10H,1,4-9H2,(H,15,16)(H,17,18). The Hall–Kier alpha value is -1.44. The van der Waals surface area contributed by atoms with Crippen molar-refractivity contribution in [3.05, 3.63) is 21.9 Å². The minimum Gasteiger partial charge on any atom is -0.477 e. The van der Waals surface area contributed by atoms with Crippen LogP contribution in [0.15, 0.2) is 12.1 Å². The number of ether oxygens (including phenoxy) is 2. The lowest BCUT2D eigenvalue weighted by molar-refractivity contribution is 0.0702. The Labute approximate surface area is 127 Å². The van der Waals surface area contributed by atoms with Crippen molar-refractivity contribution in [3.63, 3.8) is 0 Å². The van der Waals surface area contributed by atoms with Crippen molar-refractivity contribution in [2.75, 3.05) is 33.0 Å². The maximum absolute atomic E-state index is 11.8. The summed E-state index contributed by atoms with van der Waals surface area (Å²) in [6, 6.07) is 2.97. The zero-order valence-electron chi connectivity index (χ0n) is 11.7. The van der Waals surface area contributed by atoms with Crippen LogP contribution in [0.2, 0.25) is 0 Å². The maximum atomic E-state index is 11.8. The quantitative estimate of drug-likeness (QED) is 0.712. The Kier molecular flexibility index (Phi) is 6.16. The van der Waals surface area contributed by atoms with E-state index in [0.717, 1.165) is 37.4 Å². The van der Waals surface area contributed by atoms with Crippen LogP contribution >= 0.6 is 11.3 Å². The molecule has 0 radical (unpaired) electrons. The summed E-state index contributed by atoms with van der Waals surface area (Å²) in [5.41, 5.74) is 0. The molecule has 1 aliphatic rings. The highest BCUT2D eigenvalue weighted by Gasteiger charge is 2.15. The van der Waals surface area contributed by atoms with Crippen LogP contribution in [-0.2, 0) is 9.47 Å². The minimum atomic E-state index is -1.01. The van der Waals surface area contributed by atoms with Crippen LogP contribution in [-0.4, -0.2) is 50.0 Å². The van der Waals surface area contributed by atoms with Gasteiger partial charge in [0.25, 0.3) is 5.91 Å². The van der Waals surface area contributed by atoms with Crippen LogP contribution in [0.25, 0.3) is 0 Å². The van der Waals surface area contributed by atoms with Crippen molar-refractivity contribution < 1.29 is 24.2 Å². The molecule has 1 aromatic rings. The van der Waals surface area contributed by atoms with Gasteiger partial charge in [-0.05, 0) is 25.0 Å². The molecule has 0 bridgehead atoms. The smallest absolute Gasteiger partial charge is 0.345 e. The first-order valence-electron chi connectivity index (χ1n) is 6.93. The fourth-order valence-electron chi connectivity index (χ4n) is 2.00. The second kappa shape index (κ2) is 8.11. The summed E-state index contributed by atoms with van der Waals surface area (Å²) in [6.45, 7) is 3.42. The Morgan fingerprint density at radius 2 is 2.24 bits per heavy atom. The molecule has 2 N–H and O–H groups in total. The fourth-order valence-corrected chi connectivity index (χ4v) is 2.76. The Balaban J connectivity index is 1.57. The lowest BCUT2D eigenvalue weighted by atomic mass is 10.1. The number of carbonyl (C=O) groups excluding carboxylic acids is 1. The number of amides is 1. The van der Waals surface area contributed by atoms with E-state index in [1.54, 1.807) is 0 Å². The molecule has 0 spiro atoms. The Bertz CT molecular complexity index is 481. The van der Waals surface area contributed by atoms with Gasteiger partial charge in [-0.3, -0.25) is 4.79 Å². The van der Waals surface area contributed by atoms with Gasteiger partial charge in [-0.2, -0.15) is 0 Å². The third kappa shape index (κ3) is 5.11. The molecule has 6 nitrogen and oxygen atoms in total. The van der Waals surface area contributed by atoms with E-state index >= 15 is 0 Å². The van der Waals surface area contributed by atoms with Gasteiger partial charge in [-0.1, -0.05) is 0 Å². The van der Waals surface area contributed by atoms with E-state index in [4.69, 9.17) is 14.6 Å². The molecule has 0 aromatic carbocycles. The Morgan fingerprint density at radius 1 is 1.43 bits per heavy atom. The van der Waals surface area contributed by atoms with E-state index in [0.29, 0.717) is 30.6 Å². The van der Waals surface area contributed by atoms with Gasteiger partial charge in [0.2, 0.25) is 0 Å². The molecule has 1 unspecified atom stereocenters. The minimum absolute atomic E-state index is 0.169. The largest absolute Gasteiger partial charge is 0.477 e. The van der Waals surface area contributed by atoms with Gasteiger partial charge in [-0.15, -0.1) is 11.3 Å². The summed E-state index contributed by atoms with van der Waals surface area (Å²) in [5.74, 6) is -0.750. The van der Waals surface area contributed by atoms with Crippen molar-refractivity contribution in [2.45, 2.75) is 12.8 Å². The van der Waals surface area contributed by atoms with E-state index in [-0.39, 0.29) is 10.8 Å². The second-order valence-electron chi connectivity index (χ2n) is 4.88. The molecule has 2 heterocycles. The van der Waals surface area contributed by atoms with Gasteiger partial charge >= 0.3 is 5.97 Å². The lowest BCUT2D eigenvalue weighted by Gasteiger charge is -2.08. The summed E-state index contributed by atoms with van der Waals surface area (Å²) < 4.78 is 10.8. The van der Waals surface area contributed by atoms with Gasteiger partial charge in [0.05, 0.1) is 18.1 Å². The highest BCUT2D eigenvalue weighted by molar-refractivity contribution is 7.15. The maximum Gasteiger partial charge on any atom is 0.345 e. The molecule has 21 heavy (non-hydrogen) atoms. The van der Waals surface area contributed by atoms with Crippen molar-refractivity contribution in [1.82, 2.24) is 5.32 Å². The zero-order valence-corrected chi connectivity index (χ0v) is 12.5. The molecular weight excluding hydrogens is 294 g/mol. The van der Waals surface area contributed by atoms with Crippen molar-refractivity contribution >= 4 is 23.2 Å². The van der Waals surface area contributed by atoms with Crippen molar-refractivity contribution in [1.29, 1.82) is 0 Å². The van der Waals surface area contributed by atoms with Crippen LogP contribution in [0, 0.1) is 5.92 Å². The van der Waals surface area contributed by atoms with Gasteiger partial charge in [0, 0.05) is 25.7 Å². The van der Waals surface area contributed by atoms with Crippen molar-refractivity contribution in [3.8, 4) is 0 Å². The summed E-state index contributed by atoms with van der Waals surface area (Å²) in [7, 11) is 0. The average molecular weight is 313 g/mol. The first-order valence-corrected chi connectivity index (χ1v) is 7.75. The first-order chi connectivity index (χ1) is 10.2. The number of nitrogens with one attached hydrogen (secondary N) is 1. The number of aromatic carboxylic acids is 1. The average Bonchev–Trinajstić information content (AvgIpc) is 3.13. The third-order valence-electron chi connectivity index (χ3n) is 3.17. The van der Waals surface area contributed by atoms with E-state index in [9.17, 15) is 9.59 Å². The number of hydrogen-bond donors (Lipinski definition) is 2. The van der Waals surface area contributed by atoms with Gasteiger partial charge in [0.15, 0.2) is 0 Å². The SMILES string of the molecule is O=C(O)c1ccc(C(=O)NCCCOCC2CCOC2)s1. The number of carboxylic acid groups (broad SMARTS) is 1. The molecule has 116 valence electrons. The molecule has 2 rings (SSSR count). The summed E-state index contributed by atoms with van der Waals surface area (Å²) in [6.07, 6.45) is 1.79. The summed E-state index contributed by atoms with van der Waals surface area (Å²) >= 11 is 0.977. The summed E-state index contributed by atoms with van der Waals surface area (Å²) in [4.78, 5) is 23.1. The third-order valence-corrected chi connectivity index (χ3v) is 4.24. The van der Waals surface area contributed by atoms with Crippen molar-refractivity contribution in [2.24, 2.45) is 5.92 Å². The van der Waals surface area contributed by atoms with Crippen LogP contribution in [0.5, 0.6) is 0 Å². The van der Waals surface area contributed by atoms with E-state index in [1.165, 1.54) is 12.1 Å². The van der Waals surface area contributed by atoms with Crippen LogP contribution in [0.3, 0.4) is 0 Å². The van der Waals surface area contributed by atoms with E-state index < -0.39 is 5.97 Å². The molecular formula is C14H19NO5S. The van der Waals surface area contributed by atoms with Gasteiger partial charge < -0.3 is 19.9 Å². The molecule has 1 aliphatic heterocycles. The number of carbonyl (C=O) groups is 2. The molecule has 7 heteroatoms. The van der Waals surface area contributed by atoms with E-state index in [2.05, 4.69) is 5.32 Å². The van der Waals surface area contributed by atoms with Crippen LogP contribution in [0.4, 0.5) is 0 Å². The fraction of sp³-hybridized carbons (Fsp3) is 0.571. The number of carboxylic acids is 1. The monoisotopic (exact) mass is 313 g/mol. The normalized spacial score (nSPS) is 17.8. The van der Waals surface area contributed by atoms with Crippen LogP contribution in [0.1, 0.15) is 32.2 Å². The topological polar surface area (TPSA) is 84.9 Å². The molecule has 1 atom stereocenters. The molecule has 0 aliphatic carbocycles. The lowest BCUT2D eigenvalue weighted by Crippen LogP contribution is -2.24. The second-order valence-corrected chi connectivity index (χ2v) is 5.97. The molecule has 1 amide bonds. The highest BCUT2D eigenvalue weighted by Crippen LogP contribution is 2.16. The molecule has 1 aromatic heterocycles. The van der Waals surface area contributed by atoms with E-state index in [1.807, 2.05) is 0 Å². The predicted octanol–water partition coefficient (Wildman–Crippen LogP) is 1.62. The Morgan fingerprint density at radius 3 is 2.90 bits per heavy atom.